The number of fused-ring (bicyclic) bond motifs is 8. The Morgan fingerprint density at radius 3 is 1.78 bits per heavy atom. The molecule has 232 valence electrons. The summed E-state index contributed by atoms with van der Waals surface area (Å²) in [5, 5.41) is 2.26. The summed E-state index contributed by atoms with van der Waals surface area (Å²) in [6, 6.07) is 53.4. The first-order valence-electron chi connectivity index (χ1n) is 16.8. The molecule has 49 heavy (non-hydrogen) atoms. The molecule has 0 N–H and O–H groups in total. The molecule has 0 saturated carbocycles. The zero-order valence-corrected chi connectivity index (χ0v) is 27.4. The van der Waals surface area contributed by atoms with Crippen molar-refractivity contribution in [3.63, 3.8) is 0 Å². The second-order valence-electron chi connectivity index (χ2n) is 13.6. The van der Waals surface area contributed by atoms with Gasteiger partial charge in [0.1, 0.15) is 5.75 Å². The van der Waals surface area contributed by atoms with Crippen LogP contribution in [-0.4, -0.2) is 0 Å². The third-order valence-corrected chi connectivity index (χ3v) is 10.5. The summed E-state index contributed by atoms with van der Waals surface area (Å²) in [5.74, 6) is 0.896. The van der Waals surface area contributed by atoms with Gasteiger partial charge in [-0.1, -0.05) is 172 Å². The van der Waals surface area contributed by atoms with Crippen molar-refractivity contribution in [3.05, 3.63) is 197 Å². The topological polar surface area (TPSA) is 13.6 Å². The second kappa shape index (κ2) is 10.9. The number of hydrogen-bond donors (Lipinski definition) is 0. The molecule has 0 bridgehead atoms. The maximum Gasteiger partial charge on any atom is 0.187 e. The lowest BCUT2D eigenvalue weighted by Gasteiger charge is -2.38. The Morgan fingerprint density at radius 2 is 1.12 bits per heavy atom. The number of ether oxygens (including phenoxy) is 1. The molecule has 0 amide bonds. The van der Waals surface area contributed by atoms with Gasteiger partial charge in [0.25, 0.3) is 0 Å². The van der Waals surface area contributed by atoms with Crippen LogP contribution in [-0.2, 0) is 11.0 Å². The molecule has 1 aliphatic carbocycles. The van der Waals surface area contributed by atoms with E-state index in [9.17, 15) is 0 Å². The van der Waals surface area contributed by atoms with Crippen LogP contribution < -0.4 is 4.74 Å². The fraction of sp³-hybridized carbons (Fsp3) is 0.0851. The van der Waals surface area contributed by atoms with Crippen molar-refractivity contribution in [1.82, 2.24) is 0 Å². The Kier molecular flexibility index (Phi) is 6.48. The largest absolute Gasteiger partial charge is 0.472 e. The summed E-state index contributed by atoms with van der Waals surface area (Å²) in [5.41, 5.74) is 12.4. The van der Waals surface area contributed by atoms with E-state index in [0.717, 1.165) is 33.4 Å². The van der Waals surface area contributed by atoms with Crippen LogP contribution in [0.1, 0.15) is 41.7 Å². The van der Waals surface area contributed by atoms with Gasteiger partial charge in [0.2, 0.25) is 0 Å². The van der Waals surface area contributed by atoms with E-state index >= 15 is 0 Å². The van der Waals surface area contributed by atoms with E-state index in [2.05, 4.69) is 170 Å². The highest BCUT2D eigenvalue weighted by Gasteiger charge is 2.44. The summed E-state index contributed by atoms with van der Waals surface area (Å²) in [7, 11) is 0. The van der Waals surface area contributed by atoms with Gasteiger partial charge in [-0.05, 0) is 56.0 Å². The van der Waals surface area contributed by atoms with E-state index in [1.54, 1.807) is 0 Å². The number of hydrogen-bond acceptors (Lipinski definition) is 1. The molecule has 0 aromatic heterocycles. The molecule has 7 aromatic rings. The molecule has 7 aromatic carbocycles. The lowest BCUT2D eigenvalue weighted by molar-refractivity contribution is 0.163. The molecule has 0 saturated heterocycles. The zero-order chi connectivity index (χ0) is 33.2. The molecular weight excluding hydrogens is 595 g/mol. The second-order valence-corrected chi connectivity index (χ2v) is 13.6. The summed E-state index contributed by atoms with van der Waals surface area (Å²) in [6.45, 7) is 12.2. The summed E-state index contributed by atoms with van der Waals surface area (Å²) < 4.78 is 7.44. The fourth-order valence-corrected chi connectivity index (χ4v) is 8.05. The van der Waals surface area contributed by atoms with Crippen molar-refractivity contribution < 1.29 is 4.74 Å². The maximum atomic E-state index is 7.68. The predicted molar refractivity (Wildman–Crippen MR) is 202 cm³/mol. The van der Waals surface area contributed by atoms with Gasteiger partial charge < -0.3 is 4.74 Å². The first kappa shape index (κ1) is 29.0. The number of nitrogens with zero attached hydrogens (tertiary/aromatic N) is 1. The van der Waals surface area contributed by atoms with Gasteiger partial charge in [-0.3, -0.25) is 0 Å². The van der Waals surface area contributed by atoms with Crippen molar-refractivity contribution in [2.75, 3.05) is 0 Å². The van der Waals surface area contributed by atoms with Gasteiger partial charge in [-0.25, -0.2) is 4.85 Å². The van der Waals surface area contributed by atoms with E-state index in [4.69, 9.17) is 11.3 Å². The van der Waals surface area contributed by atoms with Crippen molar-refractivity contribution in [1.29, 1.82) is 0 Å². The molecule has 1 heterocycles. The maximum absolute atomic E-state index is 7.68. The molecule has 2 heteroatoms. The highest BCUT2D eigenvalue weighted by molar-refractivity contribution is 6.08. The van der Waals surface area contributed by atoms with E-state index in [1.165, 1.54) is 44.3 Å². The van der Waals surface area contributed by atoms with Crippen LogP contribution in [0.4, 0.5) is 5.69 Å². The van der Waals surface area contributed by atoms with Gasteiger partial charge in [0, 0.05) is 27.5 Å². The van der Waals surface area contributed by atoms with Crippen LogP contribution in [0.2, 0.25) is 0 Å². The van der Waals surface area contributed by atoms with Crippen LogP contribution >= 0.6 is 0 Å². The first-order valence-corrected chi connectivity index (χ1v) is 16.8. The molecule has 0 radical (unpaired) electrons. The first-order chi connectivity index (χ1) is 24.0. The minimum Gasteiger partial charge on any atom is -0.472 e. The Morgan fingerprint density at radius 1 is 0.571 bits per heavy atom. The highest BCUT2D eigenvalue weighted by Crippen LogP contribution is 2.58. The average Bonchev–Trinajstić information content (AvgIpc) is 3.41. The van der Waals surface area contributed by atoms with E-state index in [0.29, 0.717) is 5.69 Å². The van der Waals surface area contributed by atoms with Gasteiger partial charge in [-0.15, -0.1) is 0 Å². The molecule has 2 aliphatic rings. The predicted octanol–water partition coefficient (Wildman–Crippen LogP) is 12.4. The average molecular weight is 628 g/mol. The summed E-state index contributed by atoms with van der Waals surface area (Å²) in [4.78, 5) is 3.77. The minimum absolute atomic E-state index is 0.308. The minimum atomic E-state index is -0.826. The summed E-state index contributed by atoms with van der Waals surface area (Å²) >= 11 is 0. The number of benzene rings is 7. The van der Waals surface area contributed by atoms with Crippen molar-refractivity contribution in [3.8, 4) is 39.1 Å². The molecule has 2 nitrogen and oxygen atoms in total. The van der Waals surface area contributed by atoms with Crippen molar-refractivity contribution >= 4 is 22.5 Å². The van der Waals surface area contributed by atoms with E-state index in [1.807, 2.05) is 12.1 Å². The highest BCUT2D eigenvalue weighted by atomic mass is 16.5. The molecule has 9 rings (SSSR count). The molecule has 1 aliphatic heterocycles. The SMILES string of the molecule is [C-]#[N+]c1ccc2c(c1)C(C)(C)c1c3c(c4ccccc4c1-2)OC(c1ccccc1)(c1ccc(-c2ccc(-c4ccccc4)cc2)cc1)C=C3. The van der Waals surface area contributed by atoms with Gasteiger partial charge in [0.05, 0.1) is 6.57 Å². The Hall–Kier alpha value is -6.17. The normalized spacial score (nSPS) is 16.7. The van der Waals surface area contributed by atoms with E-state index < -0.39 is 5.60 Å². The lowest BCUT2D eigenvalue weighted by atomic mass is 9.76. The Labute approximate surface area is 287 Å². The summed E-state index contributed by atoms with van der Waals surface area (Å²) in [6.07, 6.45) is 4.53. The third-order valence-electron chi connectivity index (χ3n) is 10.5. The molecule has 1 unspecified atom stereocenters. The standard InChI is InChI=1S/C47H33NO/c1-46(2)42-30-37(48-3)26-27-40(42)43-38-16-10-11-17-39(38)45-41(44(43)46)28-29-47(49-45,35-14-8-5-9-15-35)36-24-22-34(23-25-36)33-20-18-32(19-21-33)31-12-6-4-7-13-31/h4-30H,1-2H3. The third kappa shape index (κ3) is 4.40. The van der Waals surface area contributed by atoms with E-state index in [-0.39, 0.29) is 5.41 Å². The van der Waals surface area contributed by atoms with Crippen molar-refractivity contribution in [2.24, 2.45) is 0 Å². The van der Waals surface area contributed by atoms with Crippen LogP contribution in [0.25, 0.3) is 55.1 Å². The molecule has 0 spiro atoms. The molecule has 0 fully saturated rings. The van der Waals surface area contributed by atoms with Crippen LogP contribution in [0.15, 0.2) is 158 Å². The monoisotopic (exact) mass is 627 g/mol. The van der Waals surface area contributed by atoms with Crippen molar-refractivity contribution in [2.45, 2.75) is 24.9 Å². The van der Waals surface area contributed by atoms with Crippen LogP contribution in [0.5, 0.6) is 5.75 Å². The van der Waals surface area contributed by atoms with Crippen LogP contribution in [0, 0.1) is 6.57 Å². The zero-order valence-electron chi connectivity index (χ0n) is 27.4. The quantitative estimate of drug-likeness (QED) is 0.177. The van der Waals surface area contributed by atoms with Crippen LogP contribution in [0.3, 0.4) is 0 Å². The Bertz CT molecular complexity index is 2470. The fourth-order valence-electron chi connectivity index (χ4n) is 8.05. The smallest absolute Gasteiger partial charge is 0.187 e. The number of rotatable bonds is 4. The van der Waals surface area contributed by atoms with Gasteiger partial charge in [0.15, 0.2) is 11.3 Å². The van der Waals surface area contributed by atoms with Gasteiger partial charge >= 0.3 is 0 Å². The molecule has 1 atom stereocenters. The Balaban J connectivity index is 1.19. The molecular formula is C47H33NO. The van der Waals surface area contributed by atoms with Gasteiger partial charge in [-0.2, -0.15) is 0 Å². The lowest BCUT2D eigenvalue weighted by Crippen LogP contribution is -2.35.